The van der Waals surface area contributed by atoms with Gasteiger partial charge in [-0.25, -0.2) is 9.79 Å². The van der Waals surface area contributed by atoms with E-state index in [1.165, 1.54) is 11.8 Å². The van der Waals surface area contributed by atoms with Gasteiger partial charge in [0.05, 0.1) is 22.8 Å². The third-order valence-corrected chi connectivity index (χ3v) is 4.98. The Kier molecular flexibility index (Phi) is 7.41. The summed E-state index contributed by atoms with van der Waals surface area (Å²) in [4.78, 5) is 29.0. The van der Waals surface area contributed by atoms with Gasteiger partial charge < -0.3 is 10.1 Å². The molecule has 0 atom stereocenters. The van der Waals surface area contributed by atoms with Crippen molar-refractivity contribution in [3.8, 4) is 0 Å². The molecule has 2 aromatic rings. The number of nitrogens with one attached hydrogen (secondary N) is 1. The fourth-order valence-corrected chi connectivity index (χ4v) is 3.28. The van der Waals surface area contributed by atoms with Gasteiger partial charge in [-0.1, -0.05) is 55.8 Å². The lowest BCUT2D eigenvalue weighted by atomic mass is 10.2. The Morgan fingerprint density at radius 1 is 1.14 bits per heavy atom. The van der Waals surface area contributed by atoms with Crippen LogP contribution in [-0.2, 0) is 9.53 Å². The summed E-state index contributed by atoms with van der Waals surface area (Å²) in [5, 5.41) is 3.26. The van der Waals surface area contributed by atoms with Crippen molar-refractivity contribution in [1.29, 1.82) is 0 Å². The van der Waals surface area contributed by atoms with Crippen molar-refractivity contribution in [1.82, 2.24) is 5.32 Å². The summed E-state index contributed by atoms with van der Waals surface area (Å²) < 4.78 is 5.19. The molecule has 1 aliphatic heterocycles. The molecule has 1 fully saturated rings. The highest BCUT2D eigenvalue weighted by Gasteiger charge is 2.23. The number of aliphatic imine (C=N–C) groups is 1. The highest BCUT2D eigenvalue weighted by Crippen LogP contribution is 2.26. The molecule has 2 aromatic carbocycles. The third-order valence-electron chi connectivity index (χ3n) is 4.05. The first-order chi connectivity index (χ1) is 14.2. The predicted octanol–water partition coefficient (Wildman–Crippen LogP) is 5.09. The lowest BCUT2D eigenvalue weighted by molar-refractivity contribution is -0.115. The Labute approximate surface area is 174 Å². The van der Waals surface area contributed by atoms with Crippen LogP contribution in [0, 0.1) is 0 Å². The van der Waals surface area contributed by atoms with Gasteiger partial charge in [-0.15, -0.1) is 0 Å². The van der Waals surface area contributed by atoms with Crippen molar-refractivity contribution in [2.45, 2.75) is 19.8 Å². The van der Waals surface area contributed by atoms with Crippen molar-refractivity contribution >= 4 is 40.6 Å². The Morgan fingerprint density at radius 3 is 2.62 bits per heavy atom. The summed E-state index contributed by atoms with van der Waals surface area (Å²) >= 11 is 1.28. The van der Waals surface area contributed by atoms with E-state index in [1.807, 2.05) is 49.4 Å². The van der Waals surface area contributed by atoms with Crippen molar-refractivity contribution in [2.24, 2.45) is 4.99 Å². The number of esters is 1. The van der Waals surface area contributed by atoms with Crippen LogP contribution >= 0.6 is 11.8 Å². The number of amidine groups is 1. The van der Waals surface area contributed by atoms with E-state index in [2.05, 4.69) is 10.3 Å². The quantitative estimate of drug-likeness (QED) is 0.395. The lowest BCUT2D eigenvalue weighted by Crippen LogP contribution is -2.19. The van der Waals surface area contributed by atoms with E-state index in [0.29, 0.717) is 27.9 Å². The number of rotatable bonds is 7. The molecule has 29 heavy (non-hydrogen) atoms. The predicted molar refractivity (Wildman–Crippen MR) is 118 cm³/mol. The highest BCUT2D eigenvalue weighted by atomic mass is 32.2. The molecule has 0 aliphatic carbocycles. The number of hydrogen-bond donors (Lipinski definition) is 1. The molecule has 1 aliphatic rings. The zero-order valence-corrected chi connectivity index (χ0v) is 16.9. The van der Waals surface area contributed by atoms with Gasteiger partial charge in [0.2, 0.25) is 0 Å². The third kappa shape index (κ3) is 6.19. The number of ether oxygens (including phenoxy) is 1. The Bertz CT molecular complexity index is 948. The van der Waals surface area contributed by atoms with Gasteiger partial charge in [0.15, 0.2) is 5.17 Å². The number of benzene rings is 2. The summed E-state index contributed by atoms with van der Waals surface area (Å²) in [6.07, 6.45) is 7.38. The van der Waals surface area contributed by atoms with Gasteiger partial charge >= 0.3 is 5.97 Å². The van der Waals surface area contributed by atoms with E-state index in [1.54, 1.807) is 30.3 Å². The number of nitrogens with zero attached hydrogens (tertiary/aromatic N) is 1. The maximum Gasteiger partial charge on any atom is 0.338 e. The number of amides is 1. The SMILES string of the molecule is CCCCOC(=O)c1ccc(N=C2NC(=O)/C(=C/C=C\c3ccccc3)S2)cc1. The van der Waals surface area contributed by atoms with Crippen LogP contribution in [0.3, 0.4) is 0 Å². The molecule has 6 heteroatoms. The largest absolute Gasteiger partial charge is 0.462 e. The first-order valence-corrected chi connectivity index (χ1v) is 10.3. The minimum atomic E-state index is -0.336. The molecule has 0 radical (unpaired) electrons. The summed E-state index contributed by atoms with van der Waals surface area (Å²) in [5.74, 6) is -0.515. The molecule has 0 saturated carbocycles. The normalized spacial score (nSPS) is 16.5. The number of hydrogen-bond acceptors (Lipinski definition) is 5. The standard InChI is InChI=1S/C23H22N2O3S/c1-2-3-16-28-22(27)18-12-14-19(15-13-18)24-23-25-21(26)20(29-23)11-7-10-17-8-5-4-6-9-17/h4-15H,2-3,16H2,1H3,(H,24,25,26)/b10-7-,20-11-. The van der Waals surface area contributed by atoms with Gasteiger partial charge in [0.25, 0.3) is 5.91 Å². The van der Waals surface area contributed by atoms with Crippen molar-refractivity contribution in [3.63, 3.8) is 0 Å². The number of unbranched alkanes of at least 4 members (excludes halogenated alkanes) is 1. The second-order valence-corrected chi connectivity index (χ2v) is 7.34. The van der Waals surface area contributed by atoms with Gasteiger partial charge in [0.1, 0.15) is 0 Å². The maximum atomic E-state index is 12.1. The van der Waals surface area contributed by atoms with E-state index in [9.17, 15) is 9.59 Å². The molecule has 1 N–H and O–H groups in total. The topological polar surface area (TPSA) is 67.8 Å². The molecule has 1 heterocycles. The first kappa shape index (κ1) is 20.6. The number of carbonyl (C=O) groups is 2. The van der Waals surface area contributed by atoms with Crippen molar-refractivity contribution < 1.29 is 14.3 Å². The summed E-state index contributed by atoms with van der Waals surface area (Å²) in [6.45, 7) is 2.47. The molecule has 0 bridgehead atoms. The van der Waals surface area contributed by atoms with Crippen LogP contribution < -0.4 is 5.32 Å². The molecule has 0 unspecified atom stereocenters. The van der Waals surface area contributed by atoms with E-state index >= 15 is 0 Å². The van der Waals surface area contributed by atoms with Crippen LogP contribution in [0.1, 0.15) is 35.7 Å². The molecular formula is C23H22N2O3S. The lowest BCUT2D eigenvalue weighted by Gasteiger charge is -2.04. The molecular weight excluding hydrogens is 384 g/mol. The molecule has 0 aromatic heterocycles. The average molecular weight is 407 g/mol. The average Bonchev–Trinajstić information content (AvgIpc) is 3.08. The van der Waals surface area contributed by atoms with Crippen LogP contribution in [0.25, 0.3) is 6.08 Å². The van der Waals surface area contributed by atoms with Gasteiger partial charge in [-0.2, -0.15) is 0 Å². The molecule has 0 spiro atoms. The highest BCUT2D eigenvalue weighted by molar-refractivity contribution is 8.18. The molecule has 1 amide bonds. The van der Waals surface area contributed by atoms with Crippen molar-refractivity contribution in [3.05, 3.63) is 82.8 Å². The van der Waals surface area contributed by atoms with Gasteiger partial charge in [0, 0.05) is 0 Å². The van der Waals surface area contributed by atoms with Crippen LogP contribution in [0.2, 0.25) is 0 Å². The Morgan fingerprint density at radius 2 is 1.90 bits per heavy atom. The zero-order valence-electron chi connectivity index (χ0n) is 16.1. The molecule has 5 nitrogen and oxygen atoms in total. The Balaban J connectivity index is 1.61. The number of allylic oxidation sites excluding steroid dienone is 2. The zero-order chi connectivity index (χ0) is 20.5. The van der Waals surface area contributed by atoms with Crippen LogP contribution in [0.15, 0.2) is 76.6 Å². The Hall–Kier alpha value is -3.12. The van der Waals surface area contributed by atoms with E-state index < -0.39 is 0 Å². The molecule has 148 valence electrons. The summed E-state index contributed by atoms with van der Waals surface area (Å²) in [7, 11) is 0. The monoisotopic (exact) mass is 406 g/mol. The first-order valence-electron chi connectivity index (χ1n) is 9.44. The van der Waals surface area contributed by atoms with Gasteiger partial charge in [-0.05, 0) is 54.1 Å². The molecule has 1 saturated heterocycles. The number of carbonyl (C=O) groups excluding carboxylic acids is 2. The summed E-state index contributed by atoms with van der Waals surface area (Å²) in [5.41, 5.74) is 2.20. The van der Waals surface area contributed by atoms with Crippen LogP contribution in [-0.4, -0.2) is 23.7 Å². The minimum Gasteiger partial charge on any atom is -0.462 e. The van der Waals surface area contributed by atoms with Crippen molar-refractivity contribution in [2.75, 3.05) is 6.61 Å². The van der Waals surface area contributed by atoms with Crippen LogP contribution in [0.5, 0.6) is 0 Å². The fraction of sp³-hybridized carbons (Fsp3) is 0.174. The van der Waals surface area contributed by atoms with E-state index in [0.717, 1.165) is 18.4 Å². The van der Waals surface area contributed by atoms with Gasteiger partial charge in [-0.3, -0.25) is 4.79 Å². The second kappa shape index (κ2) is 10.4. The number of thioether (sulfide) groups is 1. The summed E-state index contributed by atoms with van der Waals surface area (Å²) in [6, 6.07) is 16.7. The maximum absolute atomic E-state index is 12.1. The van der Waals surface area contributed by atoms with E-state index in [4.69, 9.17) is 4.74 Å². The second-order valence-electron chi connectivity index (χ2n) is 6.31. The smallest absolute Gasteiger partial charge is 0.338 e. The van der Waals surface area contributed by atoms with E-state index in [-0.39, 0.29) is 11.9 Å². The minimum absolute atomic E-state index is 0.178. The molecule has 3 rings (SSSR count). The fourth-order valence-electron chi connectivity index (χ4n) is 2.49. The van der Waals surface area contributed by atoms with Crippen LogP contribution in [0.4, 0.5) is 5.69 Å².